The zero-order valence-electron chi connectivity index (χ0n) is 14.9. The molecule has 2 aromatic carbocycles. The Morgan fingerprint density at radius 2 is 1.67 bits per heavy atom. The van der Waals surface area contributed by atoms with Gasteiger partial charge in [0.25, 0.3) is 0 Å². The molecule has 0 heterocycles. The molecule has 0 aliphatic rings. The van der Waals surface area contributed by atoms with Gasteiger partial charge < -0.3 is 10.4 Å². The van der Waals surface area contributed by atoms with Crippen LogP contribution in [-0.2, 0) is 26.0 Å². The first-order chi connectivity index (χ1) is 12.8. The van der Waals surface area contributed by atoms with Gasteiger partial charge in [-0.05, 0) is 36.7 Å². The third kappa shape index (κ3) is 6.19. The van der Waals surface area contributed by atoms with E-state index in [1.807, 2.05) is 6.07 Å². The molecule has 8 heteroatoms. The van der Waals surface area contributed by atoms with Crippen molar-refractivity contribution in [2.75, 3.05) is 7.05 Å². The molecule has 144 valence electrons. The predicted molar refractivity (Wildman–Crippen MR) is 101 cm³/mol. The molecule has 0 aliphatic carbocycles. The Kier molecular flexibility index (Phi) is 7.09. The maximum absolute atomic E-state index is 12.2. The lowest BCUT2D eigenvalue weighted by Gasteiger charge is -2.17. The molecule has 1 atom stereocenters. The maximum Gasteiger partial charge on any atom is 0.305 e. The van der Waals surface area contributed by atoms with E-state index in [-0.39, 0.29) is 23.6 Å². The molecule has 0 aliphatic heterocycles. The molecule has 0 fully saturated rings. The van der Waals surface area contributed by atoms with Crippen molar-refractivity contribution in [3.8, 4) is 0 Å². The van der Waals surface area contributed by atoms with Gasteiger partial charge in [0.1, 0.15) is 0 Å². The SMILES string of the molecule is CNS(=O)(=O)c1ccc(CCC(=O)NC(CC(=O)O)c2ccccc2)cc1. The van der Waals surface area contributed by atoms with Gasteiger partial charge in [-0.3, -0.25) is 9.59 Å². The van der Waals surface area contributed by atoms with E-state index in [1.54, 1.807) is 36.4 Å². The van der Waals surface area contributed by atoms with Crippen LogP contribution in [0, 0.1) is 0 Å². The number of carbonyl (C=O) groups is 2. The van der Waals surface area contributed by atoms with Crippen molar-refractivity contribution in [2.45, 2.75) is 30.2 Å². The lowest BCUT2D eigenvalue weighted by atomic mass is 10.0. The van der Waals surface area contributed by atoms with Gasteiger partial charge >= 0.3 is 5.97 Å². The van der Waals surface area contributed by atoms with E-state index < -0.39 is 22.0 Å². The summed E-state index contributed by atoms with van der Waals surface area (Å²) in [6.45, 7) is 0. The summed E-state index contributed by atoms with van der Waals surface area (Å²) in [5.74, 6) is -1.26. The molecule has 2 aromatic rings. The Morgan fingerprint density at radius 3 is 2.22 bits per heavy atom. The number of aliphatic carboxylic acids is 1. The molecule has 7 nitrogen and oxygen atoms in total. The van der Waals surface area contributed by atoms with E-state index in [0.29, 0.717) is 6.42 Å². The number of aryl methyl sites for hydroxylation is 1. The van der Waals surface area contributed by atoms with E-state index >= 15 is 0 Å². The second-order valence-corrected chi connectivity index (χ2v) is 7.87. The number of carboxylic acid groups (broad SMARTS) is 1. The van der Waals surface area contributed by atoms with Crippen molar-refractivity contribution >= 4 is 21.9 Å². The van der Waals surface area contributed by atoms with E-state index in [4.69, 9.17) is 5.11 Å². The van der Waals surface area contributed by atoms with Crippen LogP contribution in [0.1, 0.15) is 30.0 Å². The van der Waals surface area contributed by atoms with Crippen molar-refractivity contribution in [3.05, 3.63) is 65.7 Å². The smallest absolute Gasteiger partial charge is 0.305 e. The molecule has 1 unspecified atom stereocenters. The van der Waals surface area contributed by atoms with Crippen molar-refractivity contribution in [3.63, 3.8) is 0 Å². The Bertz CT molecular complexity index is 880. The zero-order chi connectivity index (χ0) is 19.9. The van der Waals surface area contributed by atoms with Crippen molar-refractivity contribution < 1.29 is 23.1 Å². The molecule has 1 amide bonds. The molecular formula is C19H22N2O5S. The lowest BCUT2D eigenvalue weighted by molar-refractivity contribution is -0.137. The van der Waals surface area contributed by atoms with Crippen LogP contribution in [-0.4, -0.2) is 32.4 Å². The largest absolute Gasteiger partial charge is 0.481 e. The van der Waals surface area contributed by atoms with Gasteiger partial charge in [0.05, 0.1) is 17.4 Å². The van der Waals surface area contributed by atoms with Gasteiger partial charge in [-0.1, -0.05) is 42.5 Å². The lowest BCUT2D eigenvalue weighted by Crippen LogP contribution is -2.30. The molecule has 0 bridgehead atoms. The first-order valence-electron chi connectivity index (χ1n) is 8.40. The fourth-order valence-corrected chi connectivity index (χ4v) is 3.32. The second kappa shape index (κ2) is 9.29. The number of carboxylic acids is 1. The number of hydrogen-bond donors (Lipinski definition) is 3. The summed E-state index contributed by atoms with van der Waals surface area (Å²) in [5, 5.41) is 11.8. The molecule has 0 aromatic heterocycles. The minimum absolute atomic E-state index is 0.156. The molecule has 0 saturated carbocycles. The summed E-state index contributed by atoms with van der Waals surface area (Å²) < 4.78 is 25.6. The van der Waals surface area contributed by atoms with Crippen LogP contribution in [0.5, 0.6) is 0 Å². The summed E-state index contributed by atoms with van der Waals surface area (Å²) in [5.41, 5.74) is 1.55. The first kappa shape index (κ1) is 20.6. The highest BCUT2D eigenvalue weighted by atomic mass is 32.2. The second-order valence-electron chi connectivity index (χ2n) is 5.98. The number of sulfonamides is 1. The molecular weight excluding hydrogens is 368 g/mol. The highest BCUT2D eigenvalue weighted by Crippen LogP contribution is 2.17. The number of rotatable bonds is 9. The fraction of sp³-hybridized carbons (Fsp3) is 0.263. The molecule has 27 heavy (non-hydrogen) atoms. The van der Waals surface area contributed by atoms with Crippen molar-refractivity contribution in [2.24, 2.45) is 0 Å². The standard InChI is InChI=1S/C19H22N2O5S/c1-20-27(25,26)16-10-7-14(8-11-16)9-12-18(22)21-17(13-19(23)24)15-5-3-2-4-6-15/h2-8,10-11,17,20H,9,12-13H2,1H3,(H,21,22)(H,23,24). The van der Waals surface area contributed by atoms with Gasteiger partial charge in [0.2, 0.25) is 15.9 Å². The van der Waals surface area contributed by atoms with Crippen molar-refractivity contribution in [1.82, 2.24) is 10.0 Å². The summed E-state index contributed by atoms with van der Waals surface area (Å²) in [6.07, 6.45) is 0.383. The topological polar surface area (TPSA) is 113 Å². The third-order valence-electron chi connectivity index (χ3n) is 4.06. The molecule has 2 rings (SSSR count). The number of benzene rings is 2. The number of amides is 1. The monoisotopic (exact) mass is 390 g/mol. The fourth-order valence-electron chi connectivity index (χ4n) is 2.59. The third-order valence-corrected chi connectivity index (χ3v) is 5.49. The van der Waals surface area contributed by atoms with Crippen LogP contribution >= 0.6 is 0 Å². The maximum atomic E-state index is 12.2. The molecule has 3 N–H and O–H groups in total. The van der Waals surface area contributed by atoms with Gasteiger partial charge in [0, 0.05) is 6.42 Å². The van der Waals surface area contributed by atoms with Crippen LogP contribution in [0.2, 0.25) is 0 Å². The van der Waals surface area contributed by atoms with Gasteiger partial charge in [-0.25, -0.2) is 13.1 Å². The highest BCUT2D eigenvalue weighted by molar-refractivity contribution is 7.89. The van der Waals surface area contributed by atoms with Gasteiger partial charge in [-0.2, -0.15) is 0 Å². The number of hydrogen-bond acceptors (Lipinski definition) is 4. The Labute approximate surface area is 158 Å². The van der Waals surface area contributed by atoms with Crippen molar-refractivity contribution in [1.29, 1.82) is 0 Å². The quantitative estimate of drug-likeness (QED) is 0.605. The van der Waals surface area contributed by atoms with Crippen LogP contribution in [0.15, 0.2) is 59.5 Å². The minimum atomic E-state index is -3.49. The summed E-state index contributed by atoms with van der Waals surface area (Å²) in [7, 11) is -2.15. The molecule has 0 saturated heterocycles. The molecule has 0 spiro atoms. The summed E-state index contributed by atoms with van der Waals surface area (Å²) in [4.78, 5) is 23.5. The van der Waals surface area contributed by atoms with Gasteiger partial charge in [-0.15, -0.1) is 0 Å². The van der Waals surface area contributed by atoms with E-state index in [2.05, 4.69) is 10.0 Å². The number of nitrogens with one attached hydrogen (secondary N) is 2. The predicted octanol–water partition coefficient (Wildman–Crippen LogP) is 1.86. The summed E-state index contributed by atoms with van der Waals surface area (Å²) >= 11 is 0. The van der Waals surface area contributed by atoms with Crippen LogP contribution in [0.3, 0.4) is 0 Å². The van der Waals surface area contributed by atoms with E-state index in [0.717, 1.165) is 11.1 Å². The minimum Gasteiger partial charge on any atom is -0.481 e. The number of carbonyl (C=O) groups excluding carboxylic acids is 1. The molecule has 0 radical (unpaired) electrons. The average molecular weight is 390 g/mol. The van der Waals surface area contributed by atoms with Crippen LogP contribution in [0.4, 0.5) is 0 Å². The van der Waals surface area contributed by atoms with E-state index in [9.17, 15) is 18.0 Å². The average Bonchev–Trinajstić information content (AvgIpc) is 2.66. The van der Waals surface area contributed by atoms with E-state index in [1.165, 1.54) is 19.2 Å². The Hall–Kier alpha value is -2.71. The first-order valence-corrected chi connectivity index (χ1v) is 9.88. The van der Waals surface area contributed by atoms with Gasteiger partial charge in [0.15, 0.2) is 0 Å². The van der Waals surface area contributed by atoms with Crippen LogP contribution < -0.4 is 10.0 Å². The Balaban J connectivity index is 1.97. The zero-order valence-corrected chi connectivity index (χ0v) is 15.7. The Morgan fingerprint density at radius 1 is 1.04 bits per heavy atom. The van der Waals surface area contributed by atoms with Crippen LogP contribution in [0.25, 0.3) is 0 Å². The summed E-state index contributed by atoms with van der Waals surface area (Å²) in [6, 6.07) is 14.6. The normalized spacial score (nSPS) is 12.3. The highest BCUT2D eigenvalue weighted by Gasteiger charge is 2.18.